The predicted octanol–water partition coefficient (Wildman–Crippen LogP) is 7.50. The van der Waals surface area contributed by atoms with Crippen molar-refractivity contribution in [3.63, 3.8) is 0 Å². The van der Waals surface area contributed by atoms with E-state index in [1.54, 1.807) is 6.92 Å². The smallest absolute Gasteiger partial charge is 0.226 e. The Morgan fingerprint density at radius 3 is 2.55 bits per heavy atom. The fraction of sp³-hybridized carbons (Fsp3) is 0.500. The molecule has 0 spiro atoms. The Labute approximate surface area is 267 Å². The Kier molecular flexibility index (Phi) is 10.5. The minimum absolute atomic E-state index is 0.0754. The number of nitrogen functional groups attached to an aromatic ring is 1. The number of ether oxygens (including phenoxy) is 1. The number of β-amino-alcohol motifs (C(OH)–C–C–N with tert-alkyl or cyclic N) is 1. The normalized spacial score (nSPS) is 20.5. The molecule has 3 unspecified atom stereocenters. The molecule has 1 aromatic carbocycles. The molecule has 0 saturated carbocycles. The molecule has 2 aliphatic heterocycles. The van der Waals surface area contributed by atoms with Gasteiger partial charge < -0.3 is 20.5 Å². The maximum Gasteiger partial charge on any atom is 0.226 e. The highest BCUT2D eigenvalue weighted by Gasteiger charge is 2.40. The van der Waals surface area contributed by atoms with Gasteiger partial charge >= 0.3 is 0 Å². The number of benzene rings is 1. The highest BCUT2D eigenvalue weighted by molar-refractivity contribution is 7.28. The molecule has 3 aromatic rings. The Morgan fingerprint density at radius 2 is 2.00 bits per heavy atom. The summed E-state index contributed by atoms with van der Waals surface area (Å²) in [5.74, 6) is 1.10. The summed E-state index contributed by atoms with van der Waals surface area (Å²) >= 11 is 1.09. The van der Waals surface area contributed by atoms with Crippen LogP contribution in [0.4, 0.5) is 15.3 Å². The Bertz CT molecular complexity index is 1670. The van der Waals surface area contributed by atoms with Gasteiger partial charge in [-0.25, -0.2) is 14.4 Å². The third-order valence-corrected chi connectivity index (χ3v) is 10.5. The van der Waals surface area contributed by atoms with E-state index >= 15 is 4.39 Å². The van der Waals surface area contributed by atoms with Crippen LogP contribution in [0.3, 0.4) is 0 Å². The van der Waals surface area contributed by atoms with Crippen molar-refractivity contribution in [1.82, 2.24) is 9.97 Å². The first-order chi connectivity index (χ1) is 20.8. The SMILES string of the molecule is C/C=C(/F)c1sc(N)c(C#N)c1/C(=C(\C)CC)c1c2c(c3cnc(N4CC(C)C(C)(O)C4)nc3c1P)COC2.CCC(C)C. The third kappa shape index (κ3) is 6.28. The minimum atomic E-state index is -0.826. The third-order valence-electron chi connectivity index (χ3n) is 8.93. The summed E-state index contributed by atoms with van der Waals surface area (Å²) in [6.07, 6.45) is 5.24. The van der Waals surface area contributed by atoms with Crippen molar-refractivity contribution in [1.29, 1.82) is 5.26 Å². The number of aromatic nitrogens is 2. The van der Waals surface area contributed by atoms with E-state index in [1.807, 2.05) is 38.8 Å². The molecule has 0 radical (unpaired) electrons. The van der Waals surface area contributed by atoms with Gasteiger partial charge in [-0.05, 0) is 55.4 Å². The number of hydrogen-bond donors (Lipinski definition) is 2. The number of hydrogen-bond acceptors (Lipinski definition) is 8. The zero-order valence-corrected chi connectivity index (χ0v) is 29.1. The molecule has 0 amide bonds. The van der Waals surface area contributed by atoms with Crippen molar-refractivity contribution in [2.45, 2.75) is 87.0 Å². The first-order valence-corrected chi connectivity index (χ1v) is 16.7. The second-order valence-corrected chi connectivity index (χ2v) is 14.0. The number of nitrogens with two attached hydrogens (primary N) is 1. The van der Waals surface area contributed by atoms with Crippen LogP contribution in [0.15, 0.2) is 17.8 Å². The first kappa shape index (κ1) is 34.0. The monoisotopic (exact) mass is 637 g/mol. The highest BCUT2D eigenvalue weighted by atomic mass is 32.1. The molecule has 236 valence electrons. The van der Waals surface area contributed by atoms with Crippen LogP contribution >= 0.6 is 20.6 Å². The maximum absolute atomic E-state index is 15.3. The number of aliphatic hydroxyl groups is 1. The molecule has 1 saturated heterocycles. The van der Waals surface area contributed by atoms with Crippen LogP contribution in [0, 0.1) is 23.2 Å². The van der Waals surface area contributed by atoms with Gasteiger partial charge in [-0.2, -0.15) is 5.26 Å². The van der Waals surface area contributed by atoms with Gasteiger partial charge in [0, 0.05) is 41.5 Å². The van der Waals surface area contributed by atoms with Crippen LogP contribution < -0.4 is 15.9 Å². The molecule has 3 atom stereocenters. The van der Waals surface area contributed by atoms with Gasteiger partial charge in [-0.3, -0.25) is 0 Å². The van der Waals surface area contributed by atoms with Crippen molar-refractivity contribution in [3.05, 3.63) is 50.5 Å². The van der Waals surface area contributed by atoms with Gasteiger partial charge in [0.25, 0.3) is 0 Å². The summed E-state index contributed by atoms with van der Waals surface area (Å²) in [6, 6.07) is 2.24. The lowest BCUT2D eigenvalue weighted by molar-refractivity contribution is 0.0443. The standard InChI is InChI=1S/C29H33FN5O2PS.C5H12/c1-6-14(3)21(23-16(8-31)27(32)39-26(23)20(30)7-2)22-19-12-37-11-18(19)17-9-33-28(34-24(17)25(22)38)35-10-15(4)29(5,36)13-35;1-4-5(2)3/h7,9,15,36H,6,10-13,32,38H2,1-5H3;5H,4H2,1-3H3/b20-7+,21-14+;. The topological polar surface area (TPSA) is 108 Å². The van der Waals surface area contributed by atoms with E-state index in [0.29, 0.717) is 54.1 Å². The van der Waals surface area contributed by atoms with Gasteiger partial charge in [0.05, 0.1) is 34.8 Å². The fourth-order valence-corrected chi connectivity index (χ4v) is 7.05. The van der Waals surface area contributed by atoms with E-state index in [2.05, 4.69) is 41.1 Å². The maximum atomic E-state index is 15.3. The average Bonchev–Trinajstić information content (AvgIpc) is 3.69. The second-order valence-electron chi connectivity index (χ2n) is 12.4. The summed E-state index contributed by atoms with van der Waals surface area (Å²) in [6.45, 7) is 18.1. The molecule has 7 nitrogen and oxygen atoms in total. The fourth-order valence-electron chi connectivity index (χ4n) is 5.52. The number of fused-ring (bicyclic) bond motifs is 3. The van der Waals surface area contributed by atoms with Crippen LogP contribution in [0.1, 0.15) is 101 Å². The second kappa shape index (κ2) is 13.6. The molecule has 4 heterocycles. The van der Waals surface area contributed by atoms with E-state index in [1.165, 1.54) is 12.5 Å². The number of anilines is 2. The van der Waals surface area contributed by atoms with Crippen molar-refractivity contribution >= 4 is 59.1 Å². The number of thiophene rings is 1. The Balaban J connectivity index is 0.000000818. The van der Waals surface area contributed by atoms with Gasteiger partial charge in [-0.1, -0.05) is 52.7 Å². The summed E-state index contributed by atoms with van der Waals surface area (Å²) in [5, 5.41) is 22.9. The van der Waals surface area contributed by atoms with E-state index in [9.17, 15) is 10.4 Å². The lowest BCUT2D eigenvalue weighted by Gasteiger charge is -2.23. The van der Waals surface area contributed by atoms with Gasteiger partial charge in [0.2, 0.25) is 5.95 Å². The van der Waals surface area contributed by atoms with Crippen LogP contribution in [0.25, 0.3) is 22.3 Å². The quantitative estimate of drug-likeness (QED) is 0.270. The van der Waals surface area contributed by atoms with Gasteiger partial charge in [-0.15, -0.1) is 20.6 Å². The highest BCUT2D eigenvalue weighted by Crippen LogP contribution is 2.46. The van der Waals surface area contributed by atoms with E-state index in [0.717, 1.165) is 61.3 Å². The van der Waals surface area contributed by atoms with Gasteiger partial charge in [0.15, 0.2) is 0 Å². The summed E-state index contributed by atoms with van der Waals surface area (Å²) in [7, 11) is 2.84. The molecule has 10 heteroatoms. The molecule has 2 aliphatic rings. The predicted molar refractivity (Wildman–Crippen MR) is 185 cm³/mol. The van der Waals surface area contributed by atoms with E-state index in [-0.39, 0.29) is 11.5 Å². The van der Waals surface area contributed by atoms with Crippen molar-refractivity contribution in [3.8, 4) is 6.07 Å². The molecule has 5 rings (SSSR count). The van der Waals surface area contributed by atoms with E-state index in [4.69, 9.17) is 15.5 Å². The lowest BCUT2D eigenvalue weighted by atomic mass is 9.85. The molecule has 0 bridgehead atoms. The number of allylic oxidation sites excluding steroid dienone is 2. The summed E-state index contributed by atoms with van der Waals surface area (Å²) in [5.41, 5.74) is 11.7. The van der Waals surface area contributed by atoms with Crippen molar-refractivity contribution in [2.75, 3.05) is 23.7 Å². The molecule has 2 aromatic heterocycles. The summed E-state index contributed by atoms with van der Waals surface area (Å²) < 4.78 is 21.2. The molecular weight excluding hydrogens is 592 g/mol. The molecule has 3 N–H and O–H groups in total. The lowest BCUT2D eigenvalue weighted by Crippen LogP contribution is -2.33. The molecule has 44 heavy (non-hydrogen) atoms. The zero-order chi connectivity index (χ0) is 32.5. The zero-order valence-electron chi connectivity index (χ0n) is 27.1. The minimum Gasteiger partial charge on any atom is -0.389 e. The molecule has 1 fully saturated rings. The number of halogens is 1. The molecular formula is C34H45FN5O2PS. The molecule has 0 aliphatic carbocycles. The van der Waals surface area contributed by atoms with Crippen LogP contribution in [0.2, 0.25) is 0 Å². The van der Waals surface area contributed by atoms with Crippen molar-refractivity contribution < 1.29 is 14.2 Å². The average molecular weight is 638 g/mol. The van der Waals surface area contributed by atoms with Crippen LogP contribution in [-0.2, 0) is 18.0 Å². The largest absolute Gasteiger partial charge is 0.389 e. The van der Waals surface area contributed by atoms with E-state index < -0.39 is 11.4 Å². The van der Waals surface area contributed by atoms with Crippen molar-refractivity contribution in [2.24, 2.45) is 11.8 Å². The number of rotatable bonds is 6. The Morgan fingerprint density at radius 1 is 1.34 bits per heavy atom. The van der Waals surface area contributed by atoms with Crippen LogP contribution in [-0.4, -0.2) is 33.8 Å². The summed E-state index contributed by atoms with van der Waals surface area (Å²) in [4.78, 5) is 12.1. The first-order valence-electron chi connectivity index (χ1n) is 15.3. The number of nitriles is 1. The number of nitrogens with zero attached hydrogens (tertiary/aromatic N) is 4. The van der Waals surface area contributed by atoms with Gasteiger partial charge in [0.1, 0.15) is 16.9 Å². The Hall–Kier alpha value is -2.89. The van der Waals surface area contributed by atoms with Crippen LogP contribution in [0.5, 0.6) is 0 Å².